The van der Waals surface area contributed by atoms with E-state index < -0.39 is 0 Å². The van der Waals surface area contributed by atoms with Gasteiger partial charge in [0.25, 0.3) is 5.91 Å². The van der Waals surface area contributed by atoms with Crippen LogP contribution in [0, 0.1) is 6.92 Å². The molecule has 27 heavy (non-hydrogen) atoms. The summed E-state index contributed by atoms with van der Waals surface area (Å²) in [6, 6.07) is 8.00. The number of oxazole rings is 1. The molecule has 2 aromatic heterocycles. The number of hydrogen-bond donors (Lipinski definition) is 0. The number of halogens is 1. The van der Waals surface area contributed by atoms with Gasteiger partial charge in [0.15, 0.2) is 5.69 Å². The highest BCUT2D eigenvalue weighted by molar-refractivity contribution is 6.30. The molecule has 0 atom stereocenters. The second-order valence-electron chi connectivity index (χ2n) is 6.94. The third-order valence-corrected chi connectivity index (χ3v) is 5.33. The molecule has 0 spiro atoms. The molecule has 1 aliphatic heterocycles. The van der Waals surface area contributed by atoms with E-state index in [-0.39, 0.29) is 5.91 Å². The maximum absolute atomic E-state index is 12.9. The quantitative estimate of drug-likeness (QED) is 0.683. The third kappa shape index (κ3) is 3.62. The summed E-state index contributed by atoms with van der Waals surface area (Å²) in [6.45, 7) is 3.20. The standard InChI is InChI=1S/C20H21ClN4O2/c1-13-18(23-19(27-13)16-11-22-24(2)12-16)20(26)25-9-7-15(8-10-25)14-3-5-17(21)6-4-14/h3-6,11-12,15H,7-10H2,1-2H3. The minimum atomic E-state index is -0.0686. The number of carbonyl (C=O) groups is 1. The lowest BCUT2D eigenvalue weighted by Crippen LogP contribution is -2.38. The Morgan fingerprint density at radius 1 is 1.22 bits per heavy atom. The Kier molecular flexibility index (Phi) is 4.74. The number of rotatable bonds is 3. The molecule has 4 rings (SSSR count). The van der Waals surface area contributed by atoms with Gasteiger partial charge in [-0.05, 0) is 43.4 Å². The fourth-order valence-corrected chi connectivity index (χ4v) is 3.68. The van der Waals surface area contributed by atoms with Crippen molar-refractivity contribution in [3.05, 3.63) is 58.7 Å². The lowest BCUT2D eigenvalue weighted by Gasteiger charge is -2.31. The van der Waals surface area contributed by atoms with Gasteiger partial charge in [0, 0.05) is 31.4 Å². The van der Waals surface area contributed by atoms with Crippen molar-refractivity contribution in [3.8, 4) is 11.5 Å². The van der Waals surface area contributed by atoms with Gasteiger partial charge >= 0.3 is 0 Å². The minimum Gasteiger partial charge on any atom is -0.440 e. The van der Waals surface area contributed by atoms with Crippen LogP contribution in [0.15, 0.2) is 41.1 Å². The van der Waals surface area contributed by atoms with E-state index in [1.807, 2.05) is 30.3 Å². The molecule has 0 saturated carbocycles. The van der Waals surface area contributed by atoms with Crippen molar-refractivity contribution in [2.24, 2.45) is 7.05 Å². The first-order chi connectivity index (χ1) is 13.0. The monoisotopic (exact) mass is 384 g/mol. The van der Waals surface area contributed by atoms with Crippen molar-refractivity contribution in [2.45, 2.75) is 25.7 Å². The number of benzene rings is 1. The predicted octanol–water partition coefficient (Wildman–Crippen LogP) is 4.06. The molecule has 1 saturated heterocycles. The predicted molar refractivity (Wildman–Crippen MR) is 103 cm³/mol. The van der Waals surface area contributed by atoms with E-state index in [9.17, 15) is 4.79 Å². The SMILES string of the molecule is Cc1oc(-c2cnn(C)c2)nc1C(=O)N1CCC(c2ccc(Cl)cc2)CC1. The summed E-state index contributed by atoms with van der Waals surface area (Å²) in [5.74, 6) is 1.36. The summed E-state index contributed by atoms with van der Waals surface area (Å²) < 4.78 is 7.38. The van der Waals surface area contributed by atoms with E-state index in [0.717, 1.165) is 23.4 Å². The van der Waals surface area contributed by atoms with Crippen LogP contribution in [0.4, 0.5) is 0 Å². The van der Waals surface area contributed by atoms with E-state index in [2.05, 4.69) is 22.2 Å². The molecule has 0 unspecified atom stereocenters. The first-order valence-electron chi connectivity index (χ1n) is 9.02. The van der Waals surface area contributed by atoms with Crippen molar-refractivity contribution in [3.63, 3.8) is 0 Å². The summed E-state index contributed by atoms with van der Waals surface area (Å²) in [6.07, 6.45) is 5.35. The molecule has 3 aromatic rings. The van der Waals surface area contributed by atoms with Crippen molar-refractivity contribution >= 4 is 17.5 Å². The summed E-state index contributed by atoms with van der Waals surface area (Å²) in [4.78, 5) is 19.2. The van der Waals surface area contributed by atoms with Crippen LogP contribution in [0.2, 0.25) is 5.02 Å². The maximum atomic E-state index is 12.9. The van der Waals surface area contributed by atoms with E-state index in [0.29, 0.717) is 36.4 Å². The Labute approximate surface area is 162 Å². The van der Waals surface area contributed by atoms with Gasteiger partial charge in [0.1, 0.15) is 5.76 Å². The number of aryl methyl sites for hydroxylation is 2. The van der Waals surface area contributed by atoms with Crippen LogP contribution in [0.3, 0.4) is 0 Å². The second kappa shape index (κ2) is 7.19. The first kappa shape index (κ1) is 17.8. The van der Waals surface area contributed by atoms with Gasteiger partial charge < -0.3 is 9.32 Å². The highest BCUT2D eigenvalue weighted by Crippen LogP contribution is 2.30. The average molecular weight is 385 g/mol. The zero-order valence-corrected chi connectivity index (χ0v) is 16.1. The van der Waals surface area contributed by atoms with E-state index in [4.69, 9.17) is 16.0 Å². The molecular weight excluding hydrogens is 364 g/mol. The Morgan fingerprint density at radius 2 is 1.93 bits per heavy atom. The maximum Gasteiger partial charge on any atom is 0.276 e. The molecule has 0 N–H and O–H groups in total. The number of nitrogens with zero attached hydrogens (tertiary/aromatic N) is 4. The zero-order valence-electron chi connectivity index (χ0n) is 15.4. The molecule has 1 amide bonds. The van der Waals surface area contributed by atoms with E-state index in [1.54, 1.807) is 17.8 Å². The molecule has 1 aliphatic rings. The van der Waals surface area contributed by atoms with Crippen LogP contribution in [-0.4, -0.2) is 38.7 Å². The lowest BCUT2D eigenvalue weighted by atomic mass is 9.89. The molecule has 0 aliphatic carbocycles. The number of likely N-dealkylation sites (tertiary alicyclic amines) is 1. The lowest BCUT2D eigenvalue weighted by molar-refractivity contribution is 0.0706. The number of aromatic nitrogens is 3. The van der Waals surface area contributed by atoms with Crippen molar-refractivity contribution < 1.29 is 9.21 Å². The number of hydrogen-bond acceptors (Lipinski definition) is 4. The normalized spacial score (nSPS) is 15.3. The third-order valence-electron chi connectivity index (χ3n) is 5.07. The van der Waals surface area contributed by atoms with Gasteiger partial charge in [-0.1, -0.05) is 23.7 Å². The number of piperidine rings is 1. The largest absolute Gasteiger partial charge is 0.440 e. The van der Waals surface area contributed by atoms with Gasteiger partial charge in [-0.15, -0.1) is 0 Å². The highest BCUT2D eigenvalue weighted by Gasteiger charge is 2.28. The summed E-state index contributed by atoms with van der Waals surface area (Å²) in [5, 5.41) is 4.87. The van der Waals surface area contributed by atoms with Crippen molar-refractivity contribution in [2.75, 3.05) is 13.1 Å². The Morgan fingerprint density at radius 3 is 2.56 bits per heavy atom. The molecular formula is C20H21ClN4O2. The van der Waals surface area contributed by atoms with Crippen LogP contribution in [0.1, 0.15) is 40.6 Å². The molecule has 1 fully saturated rings. The molecule has 7 heteroatoms. The summed E-state index contributed by atoms with van der Waals surface area (Å²) >= 11 is 5.97. The molecule has 0 radical (unpaired) electrons. The molecule has 0 bridgehead atoms. The first-order valence-corrected chi connectivity index (χ1v) is 9.40. The van der Waals surface area contributed by atoms with Crippen LogP contribution >= 0.6 is 11.6 Å². The fourth-order valence-electron chi connectivity index (χ4n) is 3.55. The molecule has 6 nitrogen and oxygen atoms in total. The van der Waals surface area contributed by atoms with Crippen LogP contribution in [-0.2, 0) is 7.05 Å². The van der Waals surface area contributed by atoms with Gasteiger partial charge in [0.05, 0.1) is 11.8 Å². The topological polar surface area (TPSA) is 64.2 Å². The average Bonchev–Trinajstić information content (AvgIpc) is 3.28. The van der Waals surface area contributed by atoms with Crippen LogP contribution in [0.25, 0.3) is 11.5 Å². The zero-order chi connectivity index (χ0) is 19.0. The second-order valence-corrected chi connectivity index (χ2v) is 7.38. The highest BCUT2D eigenvalue weighted by atomic mass is 35.5. The van der Waals surface area contributed by atoms with Crippen LogP contribution < -0.4 is 0 Å². The molecule has 140 valence electrons. The summed E-state index contributed by atoms with van der Waals surface area (Å²) in [7, 11) is 1.83. The minimum absolute atomic E-state index is 0.0686. The van der Waals surface area contributed by atoms with Crippen LogP contribution in [0.5, 0.6) is 0 Å². The molecule has 3 heterocycles. The van der Waals surface area contributed by atoms with Gasteiger partial charge in [-0.2, -0.15) is 5.10 Å². The number of amides is 1. The van der Waals surface area contributed by atoms with E-state index in [1.165, 1.54) is 5.56 Å². The fraction of sp³-hybridized carbons (Fsp3) is 0.350. The summed E-state index contributed by atoms with van der Waals surface area (Å²) in [5.41, 5.74) is 2.43. The van der Waals surface area contributed by atoms with E-state index >= 15 is 0 Å². The number of carbonyl (C=O) groups excluding carboxylic acids is 1. The van der Waals surface area contributed by atoms with Crippen molar-refractivity contribution in [1.29, 1.82) is 0 Å². The molecule has 1 aromatic carbocycles. The van der Waals surface area contributed by atoms with Gasteiger partial charge in [-0.25, -0.2) is 4.98 Å². The Hall–Kier alpha value is -2.60. The Balaban J connectivity index is 1.45. The van der Waals surface area contributed by atoms with Gasteiger partial charge in [0.2, 0.25) is 5.89 Å². The Bertz CT molecular complexity index is 953. The smallest absolute Gasteiger partial charge is 0.276 e. The van der Waals surface area contributed by atoms with Gasteiger partial charge in [-0.3, -0.25) is 9.48 Å². The van der Waals surface area contributed by atoms with Crippen molar-refractivity contribution in [1.82, 2.24) is 19.7 Å².